The van der Waals surface area contributed by atoms with Crippen LogP contribution in [0.15, 0.2) is 12.1 Å². The molecule has 4 heteroatoms. The van der Waals surface area contributed by atoms with Crippen LogP contribution in [0.1, 0.15) is 30.9 Å². The predicted molar refractivity (Wildman–Crippen MR) is 81.4 cm³/mol. The second-order valence-corrected chi connectivity index (χ2v) is 5.74. The first kappa shape index (κ1) is 15.1. The number of rotatable bonds is 4. The molecule has 0 aliphatic carbocycles. The summed E-state index contributed by atoms with van der Waals surface area (Å²) in [5.41, 5.74) is 8.57. The van der Waals surface area contributed by atoms with E-state index in [4.69, 9.17) is 15.2 Å². The molecule has 0 saturated carbocycles. The van der Waals surface area contributed by atoms with Crippen molar-refractivity contribution in [3.05, 3.63) is 23.3 Å². The van der Waals surface area contributed by atoms with Gasteiger partial charge in [-0.1, -0.05) is 0 Å². The molecule has 1 aromatic carbocycles. The van der Waals surface area contributed by atoms with Gasteiger partial charge in [0.15, 0.2) is 11.5 Å². The lowest BCUT2D eigenvalue weighted by atomic mass is 9.97. The van der Waals surface area contributed by atoms with Gasteiger partial charge in [-0.25, -0.2) is 0 Å². The first-order valence-electron chi connectivity index (χ1n) is 7.26. The van der Waals surface area contributed by atoms with Gasteiger partial charge in [-0.15, -0.1) is 0 Å². The Morgan fingerprint density at radius 2 is 1.90 bits per heavy atom. The van der Waals surface area contributed by atoms with Crippen molar-refractivity contribution in [2.45, 2.75) is 45.3 Å². The minimum atomic E-state index is 0.354. The maximum atomic E-state index is 6.03. The minimum absolute atomic E-state index is 0.354. The van der Waals surface area contributed by atoms with Gasteiger partial charge in [-0.2, -0.15) is 0 Å². The summed E-state index contributed by atoms with van der Waals surface area (Å²) in [5, 5.41) is 0. The van der Waals surface area contributed by atoms with Gasteiger partial charge in [0.1, 0.15) is 0 Å². The van der Waals surface area contributed by atoms with E-state index in [1.807, 2.05) is 0 Å². The van der Waals surface area contributed by atoms with E-state index in [0.717, 1.165) is 37.4 Å². The summed E-state index contributed by atoms with van der Waals surface area (Å²) >= 11 is 0. The van der Waals surface area contributed by atoms with Crippen LogP contribution < -0.4 is 15.2 Å². The van der Waals surface area contributed by atoms with Crippen molar-refractivity contribution in [2.24, 2.45) is 5.73 Å². The summed E-state index contributed by atoms with van der Waals surface area (Å²) in [6.45, 7) is 6.39. The molecule has 112 valence electrons. The Balaban J connectivity index is 2.16. The lowest BCUT2D eigenvalue weighted by molar-refractivity contribution is 0.139. The quantitative estimate of drug-likeness (QED) is 0.918. The largest absolute Gasteiger partial charge is 0.493 e. The fourth-order valence-corrected chi connectivity index (χ4v) is 2.90. The van der Waals surface area contributed by atoms with E-state index in [2.05, 4.69) is 30.9 Å². The minimum Gasteiger partial charge on any atom is -0.493 e. The standard InChI is InChI=1S/C16H26N2O2/c1-11-7-15(19-3)16(20-4)9-13(11)10-18-6-5-14(17)8-12(18)2/h7,9,12,14H,5-6,8,10,17H2,1-4H3. The van der Waals surface area contributed by atoms with E-state index < -0.39 is 0 Å². The maximum Gasteiger partial charge on any atom is 0.161 e. The van der Waals surface area contributed by atoms with Crippen LogP contribution >= 0.6 is 0 Å². The fourth-order valence-electron chi connectivity index (χ4n) is 2.90. The molecule has 2 rings (SSSR count). The Morgan fingerprint density at radius 1 is 1.25 bits per heavy atom. The second kappa shape index (κ2) is 6.46. The molecule has 1 aromatic rings. The zero-order chi connectivity index (χ0) is 14.7. The summed E-state index contributed by atoms with van der Waals surface area (Å²) < 4.78 is 10.7. The van der Waals surface area contributed by atoms with Crippen molar-refractivity contribution >= 4 is 0 Å². The van der Waals surface area contributed by atoms with Crippen molar-refractivity contribution in [3.8, 4) is 11.5 Å². The Bertz CT molecular complexity index is 462. The summed E-state index contributed by atoms with van der Waals surface area (Å²) in [5.74, 6) is 1.59. The normalized spacial score (nSPS) is 23.6. The number of hydrogen-bond acceptors (Lipinski definition) is 4. The first-order valence-corrected chi connectivity index (χ1v) is 7.26. The molecule has 1 aliphatic rings. The number of nitrogens with zero attached hydrogens (tertiary/aromatic N) is 1. The zero-order valence-corrected chi connectivity index (χ0v) is 13.0. The molecule has 0 amide bonds. The van der Waals surface area contributed by atoms with Crippen molar-refractivity contribution < 1.29 is 9.47 Å². The highest BCUT2D eigenvalue weighted by Gasteiger charge is 2.23. The average Bonchev–Trinajstić information content (AvgIpc) is 2.43. The van der Waals surface area contributed by atoms with Gasteiger partial charge in [0, 0.05) is 25.2 Å². The summed E-state index contributed by atoms with van der Waals surface area (Å²) in [4.78, 5) is 2.50. The van der Waals surface area contributed by atoms with Crippen LogP contribution in [-0.4, -0.2) is 37.7 Å². The number of piperidine rings is 1. The smallest absolute Gasteiger partial charge is 0.161 e. The first-order chi connectivity index (χ1) is 9.55. The molecule has 2 N–H and O–H groups in total. The highest BCUT2D eigenvalue weighted by molar-refractivity contribution is 5.47. The van der Waals surface area contributed by atoms with Gasteiger partial charge in [0.05, 0.1) is 14.2 Å². The molecular formula is C16H26N2O2. The predicted octanol–water partition coefficient (Wildman–Crippen LogP) is 2.32. The molecule has 0 spiro atoms. The van der Waals surface area contributed by atoms with Crippen molar-refractivity contribution in [1.82, 2.24) is 4.90 Å². The van der Waals surface area contributed by atoms with Gasteiger partial charge in [0.2, 0.25) is 0 Å². The Kier molecular flexibility index (Phi) is 4.89. The molecule has 0 radical (unpaired) electrons. The third-order valence-electron chi connectivity index (χ3n) is 4.27. The average molecular weight is 278 g/mol. The monoisotopic (exact) mass is 278 g/mol. The van der Waals surface area contributed by atoms with E-state index in [-0.39, 0.29) is 0 Å². The Hall–Kier alpha value is -1.26. The topological polar surface area (TPSA) is 47.7 Å². The maximum absolute atomic E-state index is 6.03. The Morgan fingerprint density at radius 3 is 2.50 bits per heavy atom. The second-order valence-electron chi connectivity index (χ2n) is 5.74. The van der Waals surface area contributed by atoms with Crippen molar-refractivity contribution in [1.29, 1.82) is 0 Å². The van der Waals surface area contributed by atoms with E-state index in [0.29, 0.717) is 12.1 Å². The number of aryl methyl sites for hydroxylation is 1. The lowest BCUT2D eigenvalue weighted by Gasteiger charge is -2.36. The van der Waals surface area contributed by atoms with Crippen molar-refractivity contribution in [2.75, 3.05) is 20.8 Å². The molecule has 1 aliphatic heterocycles. The molecule has 1 heterocycles. The number of likely N-dealkylation sites (tertiary alicyclic amines) is 1. The van der Waals surface area contributed by atoms with Gasteiger partial charge < -0.3 is 15.2 Å². The molecule has 0 bridgehead atoms. The summed E-state index contributed by atoms with van der Waals surface area (Å²) in [6, 6.07) is 5.03. The van der Waals surface area contributed by atoms with Crippen LogP contribution in [0.3, 0.4) is 0 Å². The Labute approximate surface area is 121 Å². The number of ether oxygens (including phenoxy) is 2. The van der Waals surface area contributed by atoms with Crippen LogP contribution in [0, 0.1) is 6.92 Å². The van der Waals surface area contributed by atoms with E-state index in [1.165, 1.54) is 11.1 Å². The number of nitrogens with two attached hydrogens (primary N) is 1. The van der Waals surface area contributed by atoms with Crippen molar-refractivity contribution in [3.63, 3.8) is 0 Å². The van der Waals surface area contributed by atoms with E-state index >= 15 is 0 Å². The highest BCUT2D eigenvalue weighted by Crippen LogP contribution is 2.31. The molecule has 1 fully saturated rings. The summed E-state index contributed by atoms with van der Waals surface area (Å²) in [6.07, 6.45) is 2.16. The summed E-state index contributed by atoms with van der Waals surface area (Å²) in [7, 11) is 3.35. The fraction of sp³-hybridized carbons (Fsp3) is 0.625. The van der Waals surface area contributed by atoms with Crippen LogP contribution in [0.5, 0.6) is 11.5 Å². The van der Waals surface area contributed by atoms with Gasteiger partial charge in [-0.3, -0.25) is 4.90 Å². The highest BCUT2D eigenvalue weighted by atomic mass is 16.5. The number of methoxy groups -OCH3 is 2. The number of hydrogen-bond donors (Lipinski definition) is 1. The van der Waals surface area contributed by atoms with E-state index in [9.17, 15) is 0 Å². The van der Waals surface area contributed by atoms with E-state index in [1.54, 1.807) is 14.2 Å². The molecule has 4 nitrogen and oxygen atoms in total. The van der Waals surface area contributed by atoms with Gasteiger partial charge >= 0.3 is 0 Å². The molecule has 2 atom stereocenters. The zero-order valence-electron chi connectivity index (χ0n) is 13.0. The van der Waals surface area contributed by atoms with Gasteiger partial charge in [0.25, 0.3) is 0 Å². The van der Waals surface area contributed by atoms with Crippen LogP contribution in [0.4, 0.5) is 0 Å². The number of benzene rings is 1. The molecule has 1 saturated heterocycles. The molecule has 2 unspecified atom stereocenters. The molecule has 0 aromatic heterocycles. The van der Waals surface area contributed by atoms with Crippen LogP contribution in [0.2, 0.25) is 0 Å². The third kappa shape index (κ3) is 3.25. The molecule has 20 heavy (non-hydrogen) atoms. The third-order valence-corrected chi connectivity index (χ3v) is 4.27. The van der Waals surface area contributed by atoms with Crippen LogP contribution in [-0.2, 0) is 6.54 Å². The SMILES string of the molecule is COc1cc(C)c(CN2CCC(N)CC2C)cc1OC. The lowest BCUT2D eigenvalue weighted by Crippen LogP contribution is -2.45. The van der Waals surface area contributed by atoms with Gasteiger partial charge in [-0.05, 0) is 49.9 Å². The van der Waals surface area contributed by atoms with Crippen LogP contribution in [0.25, 0.3) is 0 Å². The molecular weight excluding hydrogens is 252 g/mol.